The van der Waals surface area contributed by atoms with Gasteiger partial charge in [0, 0.05) is 18.0 Å². The van der Waals surface area contributed by atoms with E-state index < -0.39 is 0 Å². The molecule has 0 aliphatic rings. The lowest BCUT2D eigenvalue weighted by Gasteiger charge is -2.16. The van der Waals surface area contributed by atoms with E-state index in [1.54, 1.807) is 23.6 Å². The second-order valence-electron chi connectivity index (χ2n) is 3.49. The third-order valence-electron chi connectivity index (χ3n) is 2.42. The molecule has 0 amide bonds. The first-order chi connectivity index (χ1) is 8.22. The summed E-state index contributed by atoms with van der Waals surface area (Å²) in [7, 11) is 0. The molecule has 1 heterocycles. The van der Waals surface area contributed by atoms with Gasteiger partial charge in [-0.1, -0.05) is 12.1 Å². The summed E-state index contributed by atoms with van der Waals surface area (Å²) in [5.41, 5.74) is 3.49. The molecule has 1 atom stereocenters. The number of aromatic nitrogens is 1. The zero-order valence-electron chi connectivity index (χ0n) is 8.86. The minimum absolute atomic E-state index is 0.161. The number of rotatable bonds is 4. The molecule has 0 fully saturated rings. The molecule has 90 valence electrons. The summed E-state index contributed by atoms with van der Waals surface area (Å²) in [4.78, 5) is 4.20. The average Bonchev–Trinajstić information content (AvgIpc) is 2.83. The number of thiazole rings is 1. The zero-order valence-corrected chi connectivity index (χ0v) is 11.3. The lowest BCUT2D eigenvalue weighted by molar-refractivity contribution is 0.539. The van der Waals surface area contributed by atoms with E-state index in [-0.39, 0.29) is 11.9 Å². The summed E-state index contributed by atoms with van der Waals surface area (Å²) in [6, 6.07) is 4.75. The van der Waals surface area contributed by atoms with Crippen molar-refractivity contribution in [3.63, 3.8) is 0 Å². The fourth-order valence-electron chi connectivity index (χ4n) is 1.58. The highest BCUT2D eigenvalue weighted by Gasteiger charge is 2.16. The summed E-state index contributed by atoms with van der Waals surface area (Å²) in [5.74, 6) is 5.23. The quantitative estimate of drug-likeness (QED) is 0.674. The maximum atomic E-state index is 13.4. The number of nitrogens with two attached hydrogens (primary N) is 1. The second-order valence-corrected chi connectivity index (χ2v) is 5.26. The zero-order chi connectivity index (χ0) is 12.3. The second kappa shape index (κ2) is 5.68. The van der Waals surface area contributed by atoms with Crippen LogP contribution < -0.4 is 11.3 Å². The molecule has 17 heavy (non-hydrogen) atoms. The van der Waals surface area contributed by atoms with Gasteiger partial charge in [-0.15, -0.1) is 11.3 Å². The molecule has 1 aromatic heterocycles. The van der Waals surface area contributed by atoms with Gasteiger partial charge in [0.2, 0.25) is 0 Å². The van der Waals surface area contributed by atoms with Crippen molar-refractivity contribution in [1.29, 1.82) is 0 Å². The van der Waals surface area contributed by atoms with Crippen molar-refractivity contribution < 1.29 is 4.39 Å². The lowest BCUT2D eigenvalue weighted by atomic mass is 10.0. The lowest BCUT2D eigenvalue weighted by Crippen LogP contribution is -2.30. The smallest absolute Gasteiger partial charge is 0.137 e. The van der Waals surface area contributed by atoms with Crippen molar-refractivity contribution in [2.24, 2.45) is 5.84 Å². The Morgan fingerprint density at radius 2 is 2.35 bits per heavy atom. The highest BCUT2D eigenvalue weighted by Crippen LogP contribution is 2.28. The Morgan fingerprint density at radius 1 is 1.53 bits per heavy atom. The van der Waals surface area contributed by atoms with Crippen LogP contribution in [-0.2, 0) is 6.42 Å². The summed E-state index contributed by atoms with van der Waals surface area (Å²) in [6.45, 7) is 0. The minimum atomic E-state index is -0.290. The number of benzene rings is 1. The predicted molar refractivity (Wildman–Crippen MR) is 70.0 cm³/mol. The predicted octanol–water partition coefficient (Wildman–Crippen LogP) is 2.79. The molecule has 3 nitrogen and oxygen atoms in total. The van der Waals surface area contributed by atoms with Crippen molar-refractivity contribution in [3.05, 3.63) is 50.6 Å². The van der Waals surface area contributed by atoms with Gasteiger partial charge in [0.15, 0.2) is 0 Å². The van der Waals surface area contributed by atoms with Gasteiger partial charge in [-0.2, -0.15) is 0 Å². The van der Waals surface area contributed by atoms with Crippen LogP contribution in [0.5, 0.6) is 0 Å². The van der Waals surface area contributed by atoms with Crippen molar-refractivity contribution in [1.82, 2.24) is 10.4 Å². The van der Waals surface area contributed by atoms with E-state index in [1.807, 2.05) is 11.4 Å². The average molecular weight is 316 g/mol. The summed E-state index contributed by atoms with van der Waals surface area (Å²) < 4.78 is 13.9. The molecule has 0 radical (unpaired) electrons. The third-order valence-corrected chi connectivity index (χ3v) is 4.06. The molecule has 1 aromatic carbocycles. The first kappa shape index (κ1) is 12.6. The van der Waals surface area contributed by atoms with E-state index in [4.69, 9.17) is 5.84 Å². The van der Waals surface area contributed by atoms with Gasteiger partial charge < -0.3 is 0 Å². The van der Waals surface area contributed by atoms with Crippen molar-refractivity contribution in [3.8, 4) is 0 Å². The Labute approximate surface area is 111 Å². The first-order valence-electron chi connectivity index (χ1n) is 5.00. The molecule has 2 aromatic rings. The van der Waals surface area contributed by atoms with Gasteiger partial charge in [-0.25, -0.2) is 9.37 Å². The van der Waals surface area contributed by atoms with Crippen molar-refractivity contribution in [2.45, 2.75) is 12.5 Å². The highest BCUT2D eigenvalue weighted by atomic mass is 79.9. The van der Waals surface area contributed by atoms with Gasteiger partial charge in [-0.3, -0.25) is 11.3 Å². The normalized spacial score (nSPS) is 12.6. The molecular formula is C11H11BrFN3S. The van der Waals surface area contributed by atoms with E-state index in [1.165, 1.54) is 6.07 Å². The largest absolute Gasteiger partial charge is 0.271 e. The topological polar surface area (TPSA) is 50.9 Å². The molecule has 0 saturated heterocycles. The van der Waals surface area contributed by atoms with Crippen LogP contribution in [0.25, 0.3) is 0 Å². The molecule has 6 heteroatoms. The van der Waals surface area contributed by atoms with Crippen molar-refractivity contribution >= 4 is 27.3 Å². The molecule has 0 saturated carbocycles. The molecular weight excluding hydrogens is 305 g/mol. The van der Waals surface area contributed by atoms with E-state index in [0.717, 1.165) is 10.6 Å². The molecule has 0 spiro atoms. The summed E-state index contributed by atoms with van der Waals surface area (Å²) >= 11 is 4.79. The van der Waals surface area contributed by atoms with Crippen LogP contribution in [0.2, 0.25) is 0 Å². The fourth-order valence-corrected chi connectivity index (χ4v) is 2.78. The fraction of sp³-hybridized carbons (Fsp3) is 0.182. The molecule has 1 unspecified atom stereocenters. The number of hydrogen-bond acceptors (Lipinski definition) is 4. The van der Waals surface area contributed by atoms with Gasteiger partial charge in [-0.05, 0) is 27.6 Å². The van der Waals surface area contributed by atoms with E-state index in [2.05, 4.69) is 26.3 Å². The molecule has 3 N–H and O–H groups in total. The number of halogens is 2. The standard InChI is InChI=1S/C11H11BrFN3S/c12-11-7(2-1-3-8(11)13)9(16-14)6-10-15-4-5-17-10/h1-5,9,16H,6,14H2. The number of hydrazine groups is 1. The molecule has 0 bridgehead atoms. The Morgan fingerprint density at radius 3 is 3.00 bits per heavy atom. The van der Waals surface area contributed by atoms with E-state index >= 15 is 0 Å². The van der Waals surface area contributed by atoms with Crippen LogP contribution in [-0.4, -0.2) is 4.98 Å². The number of nitrogens with one attached hydrogen (secondary N) is 1. The molecule has 2 rings (SSSR count). The Balaban J connectivity index is 2.26. The summed E-state index contributed by atoms with van der Waals surface area (Å²) in [5, 5.41) is 2.87. The summed E-state index contributed by atoms with van der Waals surface area (Å²) in [6.07, 6.45) is 2.38. The minimum Gasteiger partial charge on any atom is -0.271 e. The van der Waals surface area contributed by atoms with Crippen LogP contribution >= 0.6 is 27.3 Å². The first-order valence-corrected chi connectivity index (χ1v) is 6.68. The van der Waals surface area contributed by atoms with Crippen molar-refractivity contribution in [2.75, 3.05) is 0 Å². The van der Waals surface area contributed by atoms with Crippen LogP contribution in [0.4, 0.5) is 4.39 Å². The Bertz CT molecular complexity index is 489. The van der Waals surface area contributed by atoms with E-state index in [0.29, 0.717) is 10.9 Å². The Kier molecular flexibility index (Phi) is 4.22. The van der Waals surface area contributed by atoms with Gasteiger partial charge in [0.1, 0.15) is 5.82 Å². The SMILES string of the molecule is NNC(Cc1nccs1)c1cccc(F)c1Br. The van der Waals surface area contributed by atoms with Crippen LogP contribution in [0.15, 0.2) is 34.2 Å². The van der Waals surface area contributed by atoms with Crippen LogP contribution in [0.3, 0.4) is 0 Å². The monoisotopic (exact) mass is 315 g/mol. The van der Waals surface area contributed by atoms with E-state index in [9.17, 15) is 4.39 Å². The third kappa shape index (κ3) is 2.90. The van der Waals surface area contributed by atoms with Gasteiger partial charge >= 0.3 is 0 Å². The number of nitrogens with zero attached hydrogens (tertiary/aromatic N) is 1. The van der Waals surface area contributed by atoms with Gasteiger partial charge in [0.05, 0.1) is 15.5 Å². The number of hydrogen-bond donors (Lipinski definition) is 2. The maximum absolute atomic E-state index is 13.4. The molecule has 0 aliphatic carbocycles. The maximum Gasteiger partial charge on any atom is 0.137 e. The van der Waals surface area contributed by atoms with Crippen LogP contribution in [0, 0.1) is 5.82 Å². The Hall–Kier alpha value is -0.820. The molecule has 0 aliphatic heterocycles. The highest BCUT2D eigenvalue weighted by molar-refractivity contribution is 9.10. The van der Waals surface area contributed by atoms with Crippen LogP contribution in [0.1, 0.15) is 16.6 Å². The van der Waals surface area contributed by atoms with Gasteiger partial charge in [0.25, 0.3) is 0 Å².